The van der Waals surface area contributed by atoms with Crippen molar-refractivity contribution in [2.75, 3.05) is 5.32 Å². The fourth-order valence-corrected chi connectivity index (χ4v) is 2.27. The van der Waals surface area contributed by atoms with Gasteiger partial charge in [-0.05, 0) is 31.9 Å². The van der Waals surface area contributed by atoms with Crippen LogP contribution in [0.3, 0.4) is 0 Å². The van der Waals surface area contributed by atoms with Gasteiger partial charge in [-0.1, -0.05) is 12.1 Å². The summed E-state index contributed by atoms with van der Waals surface area (Å²) in [6, 6.07) is 7.66. The Kier molecular flexibility index (Phi) is 1.61. The second kappa shape index (κ2) is 2.75. The van der Waals surface area contributed by atoms with Gasteiger partial charge in [0.05, 0.1) is 5.56 Å². The lowest BCUT2D eigenvalue weighted by Crippen LogP contribution is -2.57. The summed E-state index contributed by atoms with van der Waals surface area (Å²) in [4.78, 5) is 11.9. The molecule has 1 saturated carbocycles. The Bertz CT molecular complexity index is 425. The molecule has 1 aromatic rings. The first-order chi connectivity index (χ1) is 7.19. The number of amides is 1. The van der Waals surface area contributed by atoms with E-state index in [0.29, 0.717) is 5.92 Å². The molecular weight excluding hydrogens is 188 g/mol. The first-order valence-electron chi connectivity index (χ1n) is 5.39. The van der Waals surface area contributed by atoms with Crippen LogP contribution in [0.25, 0.3) is 0 Å². The van der Waals surface area contributed by atoms with Crippen molar-refractivity contribution in [2.24, 2.45) is 5.92 Å². The molecule has 3 heteroatoms. The number of benzene rings is 1. The number of anilines is 1. The monoisotopic (exact) mass is 202 g/mol. The highest BCUT2D eigenvalue weighted by molar-refractivity contribution is 6.02. The Balaban J connectivity index is 2.02. The molecule has 3 nitrogen and oxygen atoms in total. The maximum Gasteiger partial charge on any atom is 0.255 e. The molecule has 15 heavy (non-hydrogen) atoms. The van der Waals surface area contributed by atoms with Gasteiger partial charge in [0.15, 0.2) is 0 Å². The normalized spacial score (nSPS) is 29.0. The lowest BCUT2D eigenvalue weighted by Gasteiger charge is -2.37. The fraction of sp³-hybridized carbons (Fsp3) is 0.417. The average Bonchev–Trinajstić information content (AvgIpc) is 3.00. The number of hydrogen-bond donors (Lipinski definition) is 2. The predicted octanol–water partition coefficient (Wildman–Crippen LogP) is 1.97. The second-order valence-corrected chi connectivity index (χ2v) is 4.60. The van der Waals surface area contributed by atoms with E-state index in [1.807, 2.05) is 24.3 Å². The minimum absolute atomic E-state index is 0.0405. The summed E-state index contributed by atoms with van der Waals surface area (Å²) in [5.74, 6) is 0.619. The number of para-hydroxylation sites is 1. The number of nitrogens with one attached hydrogen (secondary N) is 2. The van der Waals surface area contributed by atoms with Crippen molar-refractivity contribution in [1.29, 1.82) is 0 Å². The molecule has 1 heterocycles. The van der Waals surface area contributed by atoms with Gasteiger partial charge in [-0.25, -0.2) is 0 Å². The van der Waals surface area contributed by atoms with Crippen LogP contribution >= 0.6 is 0 Å². The number of carbonyl (C=O) groups is 1. The van der Waals surface area contributed by atoms with E-state index in [-0.39, 0.29) is 11.6 Å². The summed E-state index contributed by atoms with van der Waals surface area (Å²) in [6.45, 7) is 2.07. The standard InChI is InChI=1S/C12H14N2O/c1-12(8-6-7-8)13-10-5-3-2-4-9(10)11(15)14-12/h2-5,8,13H,6-7H2,1H3,(H,14,15). The van der Waals surface area contributed by atoms with Crippen molar-refractivity contribution in [1.82, 2.24) is 5.32 Å². The summed E-state index contributed by atoms with van der Waals surface area (Å²) >= 11 is 0. The van der Waals surface area contributed by atoms with Crippen molar-refractivity contribution in [3.05, 3.63) is 29.8 Å². The van der Waals surface area contributed by atoms with E-state index < -0.39 is 0 Å². The van der Waals surface area contributed by atoms with Crippen LogP contribution in [-0.2, 0) is 0 Å². The van der Waals surface area contributed by atoms with Crippen molar-refractivity contribution in [3.63, 3.8) is 0 Å². The molecule has 0 spiro atoms. The zero-order chi connectivity index (χ0) is 10.5. The van der Waals surface area contributed by atoms with Gasteiger partial charge in [0, 0.05) is 11.6 Å². The van der Waals surface area contributed by atoms with E-state index in [1.54, 1.807) is 0 Å². The van der Waals surface area contributed by atoms with E-state index in [1.165, 1.54) is 12.8 Å². The first-order valence-corrected chi connectivity index (χ1v) is 5.39. The maximum absolute atomic E-state index is 11.9. The maximum atomic E-state index is 11.9. The summed E-state index contributed by atoms with van der Waals surface area (Å²) in [6.07, 6.45) is 2.40. The van der Waals surface area contributed by atoms with Crippen LogP contribution in [-0.4, -0.2) is 11.6 Å². The van der Waals surface area contributed by atoms with Gasteiger partial charge < -0.3 is 10.6 Å². The van der Waals surface area contributed by atoms with Crippen LogP contribution in [0.15, 0.2) is 24.3 Å². The van der Waals surface area contributed by atoms with Crippen LogP contribution in [0, 0.1) is 5.92 Å². The summed E-state index contributed by atoms with van der Waals surface area (Å²) < 4.78 is 0. The molecule has 1 aliphatic heterocycles. The second-order valence-electron chi connectivity index (χ2n) is 4.60. The zero-order valence-corrected chi connectivity index (χ0v) is 8.71. The minimum Gasteiger partial charge on any atom is -0.362 e. The average molecular weight is 202 g/mol. The van der Waals surface area contributed by atoms with Gasteiger partial charge in [-0.3, -0.25) is 4.79 Å². The number of fused-ring (bicyclic) bond motifs is 1. The van der Waals surface area contributed by atoms with E-state index in [9.17, 15) is 4.79 Å². The molecule has 1 unspecified atom stereocenters. The van der Waals surface area contributed by atoms with Gasteiger partial charge in [-0.15, -0.1) is 0 Å². The van der Waals surface area contributed by atoms with E-state index >= 15 is 0 Å². The largest absolute Gasteiger partial charge is 0.362 e. The molecule has 0 aromatic heterocycles. The SMILES string of the molecule is CC1(C2CC2)NC(=O)c2ccccc2N1. The molecule has 1 aliphatic carbocycles. The fourth-order valence-electron chi connectivity index (χ4n) is 2.27. The highest BCUT2D eigenvalue weighted by atomic mass is 16.2. The van der Waals surface area contributed by atoms with Gasteiger partial charge in [0.1, 0.15) is 5.66 Å². The third kappa shape index (κ3) is 1.30. The van der Waals surface area contributed by atoms with E-state index in [4.69, 9.17) is 0 Å². The summed E-state index contributed by atoms with van der Waals surface area (Å²) in [7, 11) is 0. The Morgan fingerprint density at radius 3 is 2.73 bits per heavy atom. The molecule has 0 radical (unpaired) electrons. The quantitative estimate of drug-likeness (QED) is 0.731. The molecule has 1 aromatic carbocycles. The Morgan fingerprint density at radius 1 is 1.27 bits per heavy atom. The van der Waals surface area contributed by atoms with Gasteiger partial charge >= 0.3 is 0 Å². The third-order valence-electron chi connectivity index (χ3n) is 3.33. The van der Waals surface area contributed by atoms with E-state index in [2.05, 4.69) is 17.6 Å². The first kappa shape index (κ1) is 8.77. The molecule has 1 atom stereocenters. The van der Waals surface area contributed by atoms with Crippen LogP contribution in [0.1, 0.15) is 30.1 Å². The molecule has 0 bridgehead atoms. The van der Waals surface area contributed by atoms with Gasteiger partial charge in [-0.2, -0.15) is 0 Å². The van der Waals surface area contributed by atoms with E-state index in [0.717, 1.165) is 11.3 Å². The van der Waals surface area contributed by atoms with Crippen LogP contribution < -0.4 is 10.6 Å². The number of hydrogen-bond acceptors (Lipinski definition) is 2. The smallest absolute Gasteiger partial charge is 0.255 e. The van der Waals surface area contributed by atoms with Crippen LogP contribution in [0.5, 0.6) is 0 Å². The summed E-state index contributed by atoms with van der Waals surface area (Å²) in [5.41, 5.74) is 1.46. The summed E-state index contributed by atoms with van der Waals surface area (Å²) in [5, 5.41) is 6.49. The van der Waals surface area contributed by atoms with Crippen molar-refractivity contribution < 1.29 is 4.79 Å². The highest BCUT2D eigenvalue weighted by Crippen LogP contribution is 2.42. The molecular formula is C12H14N2O. The topological polar surface area (TPSA) is 41.1 Å². The molecule has 3 rings (SSSR count). The predicted molar refractivity (Wildman–Crippen MR) is 58.7 cm³/mol. The van der Waals surface area contributed by atoms with Crippen molar-refractivity contribution >= 4 is 11.6 Å². The Hall–Kier alpha value is -1.51. The minimum atomic E-state index is -0.245. The zero-order valence-electron chi connectivity index (χ0n) is 8.71. The highest BCUT2D eigenvalue weighted by Gasteiger charge is 2.45. The Morgan fingerprint density at radius 2 is 2.00 bits per heavy atom. The lowest BCUT2D eigenvalue weighted by molar-refractivity contribution is 0.0897. The molecule has 1 amide bonds. The molecule has 2 N–H and O–H groups in total. The molecule has 78 valence electrons. The van der Waals surface area contributed by atoms with Crippen molar-refractivity contribution in [3.8, 4) is 0 Å². The van der Waals surface area contributed by atoms with Crippen LogP contribution in [0.2, 0.25) is 0 Å². The number of carbonyl (C=O) groups excluding carboxylic acids is 1. The third-order valence-corrected chi connectivity index (χ3v) is 3.33. The number of rotatable bonds is 1. The van der Waals surface area contributed by atoms with Gasteiger partial charge in [0.2, 0.25) is 0 Å². The molecule has 0 saturated heterocycles. The Labute approximate surface area is 88.9 Å². The molecule has 1 fully saturated rings. The van der Waals surface area contributed by atoms with Crippen LogP contribution in [0.4, 0.5) is 5.69 Å². The lowest BCUT2D eigenvalue weighted by atomic mass is 10.00. The van der Waals surface area contributed by atoms with Gasteiger partial charge in [0.25, 0.3) is 5.91 Å². The molecule has 2 aliphatic rings. The van der Waals surface area contributed by atoms with Crippen molar-refractivity contribution in [2.45, 2.75) is 25.4 Å².